The zero-order valence-electron chi connectivity index (χ0n) is 13.6. The highest BCUT2D eigenvalue weighted by Crippen LogP contribution is 2.30. The Hall–Kier alpha value is -1.66. The Labute approximate surface area is 145 Å². The molecule has 6 heteroatoms. The number of rotatable bonds is 3. The molecule has 1 aliphatic carbocycles. The first-order valence-corrected chi connectivity index (χ1v) is 9.55. The number of carbonyl (C=O) groups excluding carboxylic acids is 1. The van der Waals surface area contributed by atoms with Gasteiger partial charge in [-0.25, -0.2) is 9.97 Å². The fourth-order valence-corrected chi connectivity index (χ4v) is 4.59. The van der Waals surface area contributed by atoms with Crippen molar-refractivity contribution < 1.29 is 9.53 Å². The van der Waals surface area contributed by atoms with Gasteiger partial charge in [0.05, 0.1) is 30.0 Å². The highest BCUT2D eigenvalue weighted by Gasteiger charge is 2.36. The van der Waals surface area contributed by atoms with Gasteiger partial charge in [0.25, 0.3) is 0 Å². The zero-order valence-corrected chi connectivity index (χ0v) is 14.4. The Balaban J connectivity index is 1.46. The van der Waals surface area contributed by atoms with Gasteiger partial charge in [0.1, 0.15) is 11.4 Å². The van der Waals surface area contributed by atoms with Crippen molar-refractivity contribution in [3.8, 4) is 0 Å². The SMILES string of the molecule is O=C(CSc1ncnc2ccccc12)N1CCO[C@@H]2CCCC[C@H]21. The molecule has 0 spiro atoms. The normalized spacial score (nSPS) is 23.9. The third-order valence-electron chi connectivity index (χ3n) is 4.89. The van der Waals surface area contributed by atoms with E-state index in [0.29, 0.717) is 18.9 Å². The van der Waals surface area contributed by atoms with Crippen LogP contribution in [0.25, 0.3) is 10.9 Å². The monoisotopic (exact) mass is 343 g/mol. The molecule has 0 radical (unpaired) electrons. The Morgan fingerprint density at radius 3 is 3.08 bits per heavy atom. The number of ether oxygens (including phenoxy) is 1. The number of para-hydroxylation sites is 1. The second-order valence-electron chi connectivity index (χ2n) is 6.33. The predicted molar refractivity (Wildman–Crippen MR) is 94.0 cm³/mol. The zero-order chi connectivity index (χ0) is 16.4. The van der Waals surface area contributed by atoms with E-state index in [0.717, 1.165) is 28.8 Å². The van der Waals surface area contributed by atoms with Gasteiger partial charge in [-0.15, -0.1) is 0 Å². The third kappa shape index (κ3) is 3.13. The fraction of sp³-hybridized carbons (Fsp3) is 0.500. The topological polar surface area (TPSA) is 55.3 Å². The summed E-state index contributed by atoms with van der Waals surface area (Å²) in [5.74, 6) is 0.618. The molecule has 1 aromatic heterocycles. The number of carbonyl (C=O) groups is 1. The summed E-state index contributed by atoms with van der Waals surface area (Å²) in [6.07, 6.45) is 6.36. The van der Waals surface area contributed by atoms with Gasteiger partial charge < -0.3 is 9.64 Å². The van der Waals surface area contributed by atoms with Gasteiger partial charge in [0.2, 0.25) is 5.91 Å². The molecule has 24 heavy (non-hydrogen) atoms. The summed E-state index contributed by atoms with van der Waals surface area (Å²) in [7, 11) is 0. The van der Waals surface area contributed by atoms with Crippen LogP contribution in [-0.4, -0.2) is 51.8 Å². The quantitative estimate of drug-likeness (QED) is 0.633. The third-order valence-corrected chi connectivity index (χ3v) is 5.88. The first kappa shape index (κ1) is 15.8. The fourth-order valence-electron chi connectivity index (χ4n) is 3.71. The number of hydrogen-bond acceptors (Lipinski definition) is 5. The van der Waals surface area contributed by atoms with Crippen molar-refractivity contribution in [3.05, 3.63) is 30.6 Å². The van der Waals surface area contributed by atoms with E-state index < -0.39 is 0 Å². The lowest BCUT2D eigenvalue weighted by molar-refractivity contribution is -0.146. The summed E-state index contributed by atoms with van der Waals surface area (Å²) >= 11 is 1.51. The second kappa shape index (κ2) is 7.07. The van der Waals surface area contributed by atoms with Crippen LogP contribution >= 0.6 is 11.8 Å². The van der Waals surface area contributed by atoms with Gasteiger partial charge in [0, 0.05) is 11.9 Å². The number of hydrogen-bond donors (Lipinski definition) is 0. The van der Waals surface area contributed by atoms with E-state index in [2.05, 4.69) is 9.97 Å². The van der Waals surface area contributed by atoms with E-state index in [1.807, 2.05) is 29.2 Å². The minimum atomic E-state index is 0.197. The van der Waals surface area contributed by atoms with E-state index in [-0.39, 0.29) is 18.1 Å². The van der Waals surface area contributed by atoms with Crippen molar-refractivity contribution in [1.29, 1.82) is 0 Å². The van der Waals surface area contributed by atoms with Gasteiger partial charge in [-0.1, -0.05) is 42.8 Å². The van der Waals surface area contributed by atoms with Crippen molar-refractivity contribution in [2.45, 2.75) is 42.9 Å². The number of aromatic nitrogens is 2. The van der Waals surface area contributed by atoms with Crippen molar-refractivity contribution in [3.63, 3.8) is 0 Å². The molecular weight excluding hydrogens is 322 g/mol. The maximum absolute atomic E-state index is 12.8. The van der Waals surface area contributed by atoms with Crippen molar-refractivity contribution in [2.24, 2.45) is 0 Å². The average molecular weight is 343 g/mol. The van der Waals surface area contributed by atoms with Gasteiger partial charge in [0.15, 0.2) is 0 Å². The first-order valence-electron chi connectivity index (χ1n) is 8.56. The summed E-state index contributed by atoms with van der Waals surface area (Å²) < 4.78 is 5.86. The van der Waals surface area contributed by atoms with Crippen molar-refractivity contribution in [2.75, 3.05) is 18.9 Å². The summed E-state index contributed by atoms with van der Waals surface area (Å²) in [5, 5.41) is 1.89. The van der Waals surface area contributed by atoms with Crippen LogP contribution in [0, 0.1) is 0 Å². The summed E-state index contributed by atoms with van der Waals surface area (Å²) in [4.78, 5) is 23.5. The summed E-state index contributed by atoms with van der Waals surface area (Å²) in [6.45, 7) is 1.37. The van der Waals surface area contributed by atoms with Crippen LogP contribution in [0.3, 0.4) is 0 Å². The van der Waals surface area contributed by atoms with Crippen LogP contribution in [0.5, 0.6) is 0 Å². The molecule has 1 saturated heterocycles. The largest absolute Gasteiger partial charge is 0.374 e. The maximum atomic E-state index is 12.8. The summed E-state index contributed by atoms with van der Waals surface area (Å²) in [6, 6.07) is 8.19. The number of nitrogens with zero attached hydrogens (tertiary/aromatic N) is 3. The smallest absolute Gasteiger partial charge is 0.233 e. The molecule has 2 atom stereocenters. The number of fused-ring (bicyclic) bond motifs is 2. The molecule has 4 rings (SSSR count). The lowest BCUT2D eigenvalue weighted by Gasteiger charge is -2.43. The minimum Gasteiger partial charge on any atom is -0.374 e. The Bertz CT molecular complexity index is 732. The molecule has 2 aromatic rings. The number of benzene rings is 1. The van der Waals surface area contributed by atoms with Gasteiger partial charge in [-0.2, -0.15) is 0 Å². The maximum Gasteiger partial charge on any atom is 0.233 e. The Kier molecular flexibility index (Phi) is 4.67. The van der Waals surface area contributed by atoms with E-state index >= 15 is 0 Å². The van der Waals surface area contributed by atoms with Gasteiger partial charge >= 0.3 is 0 Å². The van der Waals surface area contributed by atoms with Crippen LogP contribution in [0.4, 0.5) is 0 Å². The Morgan fingerprint density at radius 2 is 2.12 bits per heavy atom. The summed E-state index contributed by atoms with van der Waals surface area (Å²) in [5.41, 5.74) is 0.918. The van der Waals surface area contributed by atoms with Crippen molar-refractivity contribution >= 4 is 28.6 Å². The molecule has 0 N–H and O–H groups in total. The van der Waals surface area contributed by atoms with Crippen LogP contribution in [-0.2, 0) is 9.53 Å². The molecular formula is C18H21N3O2S. The van der Waals surface area contributed by atoms with E-state index in [4.69, 9.17) is 4.74 Å². The van der Waals surface area contributed by atoms with Crippen molar-refractivity contribution in [1.82, 2.24) is 14.9 Å². The highest BCUT2D eigenvalue weighted by molar-refractivity contribution is 8.00. The first-order chi connectivity index (χ1) is 11.8. The highest BCUT2D eigenvalue weighted by atomic mass is 32.2. The lowest BCUT2D eigenvalue weighted by Crippen LogP contribution is -2.55. The van der Waals surface area contributed by atoms with Crippen LogP contribution < -0.4 is 0 Å². The molecule has 1 aromatic carbocycles. The van der Waals surface area contributed by atoms with E-state index in [1.165, 1.54) is 24.6 Å². The lowest BCUT2D eigenvalue weighted by atomic mass is 9.90. The number of amides is 1. The average Bonchev–Trinajstić information content (AvgIpc) is 2.65. The molecule has 1 saturated carbocycles. The Morgan fingerprint density at radius 1 is 1.25 bits per heavy atom. The molecule has 2 aliphatic rings. The van der Waals surface area contributed by atoms with Crippen LogP contribution in [0.1, 0.15) is 25.7 Å². The van der Waals surface area contributed by atoms with Crippen LogP contribution in [0.2, 0.25) is 0 Å². The number of morpholine rings is 1. The van der Waals surface area contributed by atoms with Crippen LogP contribution in [0.15, 0.2) is 35.6 Å². The molecule has 2 fully saturated rings. The predicted octanol–water partition coefficient (Wildman–Crippen LogP) is 2.89. The molecule has 1 aliphatic heterocycles. The number of thioether (sulfide) groups is 1. The molecule has 0 bridgehead atoms. The van der Waals surface area contributed by atoms with E-state index in [9.17, 15) is 4.79 Å². The molecule has 1 amide bonds. The molecule has 0 unspecified atom stereocenters. The molecule has 2 heterocycles. The van der Waals surface area contributed by atoms with Gasteiger partial charge in [-0.05, 0) is 18.9 Å². The standard InChI is InChI=1S/C18H21N3O2S/c22-17(21-9-10-23-16-8-4-3-7-15(16)21)11-24-18-13-5-1-2-6-14(13)19-12-20-18/h1-2,5-6,12,15-16H,3-4,7-11H2/t15-,16-/m1/s1. The second-order valence-corrected chi connectivity index (χ2v) is 7.30. The van der Waals surface area contributed by atoms with Gasteiger partial charge in [-0.3, -0.25) is 4.79 Å². The minimum absolute atomic E-state index is 0.197. The molecule has 126 valence electrons. The molecule has 5 nitrogen and oxygen atoms in total. The van der Waals surface area contributed by atoms with E-state index in [1.54, 1.807) is 6.33 Å².